The van der Waals surface area contributed by atoms with Gasteiger partial charge in [0.1, 0.15) is 0 Å². The Bertz CT molecular complexity index is 136. The lowest BCUT2D eigenvalue weighted by Gasteiger charge is -2.25. The van der Waals surface area contributed by atoms with Crippen LogP contribution in [0.2, 0.25) is 0 Å². The van der Waals surface area contributed by atoms with Crippen LogP contribution in [0.25, 0.3) is 0 Å². The molecule has 0 aromatic carbocycles. The van der Waals surface area contributed by atoms with Gasteiger partial charge in [-0.05, 0) is 32.1 Å². The van der Waals surface area contributed by atoms with Crippen molar-refractivity contribution in [3.63, 3.8) is 0 Å². The van der Waals surface area contributed by atoms with Crippen LogP contribution in [0.4, 0.5) is 0 Å². The highest BCUT2D eigenvalue weighted by atomic mass is 16.5. The maximum Gasteiger partial charge on any atom is 0.0599 e. The zero-order valence-corrected chi connectivity index (χ0v) is 9.37. The summed E-state index contributed by atoms with van der Waals surface area (Å²) in [7, 11) is 0. The third-order valence-corrected chi connectivity index (χ3v) is 2.95. The Morgan fingerprint density at radius 3 is 2.79 bits per heavy atom. The van der Waals surface area contributed by atoms with Crippen molar-refractivity contribution in [2.24, 2.45) is 0 Å². The highest BCUT2D eigenvalue weighted by molar-refractivity contribution is 4.72. The Morgan fingerprint density at radius 2 is 2.07 bits per heavy atom. The molecule has 1 saturated carbocycles. The van der Waals surface area contributed by atoms with Crippen LogP contribution in [0.1, 0.15) is 58.3 Å². The van der Waals surface area contributed by atoms with Gasteiger partial charge < -0.3 is 9.84 Å². The second-order valence-corrected chi connectivity index (χ2v) is 4.37. The molecule has 2 unspecified atom stereocenters. The number of aliphatic hydroxyl groups is 1. The predicted molar refractivity (Wildman–Crippen MR) is 58.4 cm³/mol. The van der Waals surface area contributed by atoms with Crippen molar-refractivity contribution in [1.29, 1.82) is 0 Å². The van der Waals surface area contributed by atoms with E-state index in [0.29, 0.717) is 6.10 Å². The van der Waals surface area contributed by atoms with E-state index in [9.17, 15) is 5.11 Å². The van der Waals surface area contributed by atoms with Crippen LogP contribution in [-0.2, 0) is 4.74 Å². The predicted octanol–water partition coefficient (Wildman–Crippen LogP) is 2.89. The molecule has 0 bridgehead atoms. The Morgan fingerprint density at radius 1 is 1.21 bits per heavy atom. The first-order chi connectivity index (χ1) is 6.83. The average molecular weight is 200 g/mol. The third-order valence-electron chi connectivity index (χ3n) is 2.95. The van der Waals surface area contributed by atoms with E-state index in [4.69, 9.17) is 4.74 Å². The smallest absolute Gasteiger partial charge is 0.0599 e. The number of ether oxygens (including phenoxy) is 1. The first-order valence-electron chi connectivity index (χ1n) is 6.12. The van der Waals surface area contributed by atoms with E-state index in [1.807, 2.05) is 0 Å². The normalized spacial score (nSPS) is 27.9. The lowest BCUT2D eigenvalue weighted by atomic mass is 9.95. The molecule has 1 N–H and O–H groups in total. The first-order valence-corrected chi connectivity index (χ1v) is 6.12. The number of rotatable bonds is 6. The second-order valence-electron chi connectivity index (χ2n) is 4.37. The standard InChI is InChI=1S/C12H24O2/c1-2-3-4-5-9-14-12-8-6-7-11(13)10-12/h11-13H,2-10H2,1H3. The minimum Gasteiger partial charge on any atom is -0.393 e. The molecule has 2 heteroatoms. The van der Waals surface area contributed by atoms with E-state index in [0.717, 1.165) is 32.3 Å². The monoisotopic (exact) mass is 200 g/mol. The van der Waals surface area contributed by atoms with Crippen molar-refractivity contribution < 1.29 is 9.84 Å². The zero-order valence-electron chi connectivity index (χ0n) is 9.37. The van der Waals surface area contributed by atoms with Gasteiger partial charge in [-0.15, -0.1) is 0 Å². The number of unbranched alkanes of at least 4 members (excludes halogenated alkanes) is 3. The van der Waals surface area contributed by atoms with Crippen molar-refractivity contribution in [3.8, 4) is 0 Å². The molecule has 1 aliphatic carbocycles. The van der Waals surface area contributed by atoms with Gasteiger partial charge in [0.05, 0.1) is 12.2 Å². The molecule has 0 saturated heterocycles. The van der Waals surface area contributed by atoms with E-state index in [1.54, 1.807) is 0 Å². The topological polar surface area (TPSA) is 29.5 Å². The Kier molecular flexibility index (Phi) is 6.20. The van der Waals surface area contributed by atoms with E-state index in [-0.39, 0.29) is 6.10 Å². The van der Waals surface area contributed by atoms with E-state index in [1.165, 1.54) is 25.7 Å². The Balaban J connectivity index is 1.95. The summed E-state index contributed by atoms with van der Waals surface area (Å²) >= 11 is 0. The van der Waals surface area contributed by atoms with Crippen LogP contribution in [0.3, 0.4) is 0 Å². The molecule has 14 heavy (non-hydrogen) atoms. The van der Waals surface area contributed by atoms with Crippen molar-refractivity contribution in [2.45, 2.75) is 70.5 Å². The Hall–Kier alpha value is -0.0800. The summed E-state index contributed by atoms with van der Waals surface area (Å²) in [5.41, 5.74) is 0. The van der Waals surface area contributed by atoms with E-state index < -0.39 is 0 Å². The summed E-state index contributed by atoms with van der Waals surface area (Å²) in [6.07, 6.45) is 9.38. The fraction of sp³-hybridized carbons (Fsp3) is 1.00. The van der Waals surface area contributed by atoms with Crippen molar-refractivity contribution >= 4 is 0 Å². The van der Waals surface area contributed by atoms with Gasteiger partial charge in [0.2, 0.25) is 0 Å². The summed E-state index contributed by atoms with van der Waals surface area (Å²) in [6, 6.07) is 0. The summed E-state index contributed by atoms with van der Waals surface area (Å²) in [5, 5.41) is 9.44. The number of hydrogen-bond donors (Lipinski definition) is 1. The molecule has 1 rings (SSSR count). The van der Waals surface area contributed by atoms with Gasteiger partial charge in [0.25, 0.3) is 0 Å². The van der Waals surface area contributed by atoms with Crippen molar-refractivity contribution in [1.82, 2.24) is 0 Å². The lowest BCUT2D eigenvalue weighted by molar-refractivity contribution is -0.0156. The second kappa shape index (κ2) is 7.24. The summed E-state index contributed by atoms with van der Waals surface area (Å²) < 4.78 is 5.74. The quantitative estimate of drug-likeness (QED) is 0.668. The highest BCUT2D eigenvalue weighted by Gasteiger charge is 2.19. The Labute approximate surface area is 87.7 Å². The van der Waals surface area contributed by atoms with Gasteiger partial charge in [-0.1, -0.05) is 26.2 Å². The highest BCUT2D eigenvalue weighted by Crippen LogP contribution is 2.21. The fourth-order valence-corrected chi connectivity index (χ4v) is 2.05. The molecule has 2 atom stereocenters. The molecule has 1 fully saturated rings. The minimum atomic E-state index is -0.107. The maximum absolute atomic E-state index is 9.44. The molecule has 0 radical (unpaired) electrons. The van der Waals surface area contributed by atoms with Crippen LogP contribution in [0.5, 0.6) is 0 Å². The molecule has 0 aliphatic heterocycles. The van der Waals surface area contributed by atoms with Gasteiger partial charge in [-0.25, -0.2) is 0 Å². The lowest BCUT2D eigenvalue weighted by Crippen LogP contribution is -2.26. The molecular weight excluding hydrogens is 176 g/mol. The fourth-order valence-electron chi connectivity index (χ4n) is 2.05. The molecule has 0 spiro atoms. The maximum atomic E-state index is 9.44. The molecule has 0 heterocycles. The molecule has 0 aromatic heterocycles. The third kappa shape index (κ3) is 4.97. The largest absolute Gasteiger partial charge is 0.393 e. The van der Waals surface area contributed by atoms with Crippen LogP contribution >= 0.6 is 0 Å². The van der Waals surface area contributed by atoms with E-state index >= 15 is 0 Å². The van der Waals surface area contributed by atoms with Crippen molar-refractivity contribution in [3.05, 3.63) is 0 Å². The van der Waals surface area contributed by atoms with Gasteiger partial charge in [-0.2, -0.15) is 0 Å². The van der Waals surface area contributed by atoms with Gasteiger partial charge in [0, 0.05) is 6.61 Å². The minimum absolute atomic E-state index is 0.107. The zero-order chi connectivity index (χ0) is 10.2. The molecule has 0 amide bonds. The van der Waals surface area contributed by atoms with Gasteiger partial charge in [-0.3, -0.25) is 0 Å². The molecular formula is C12H24O2. The first kappa shape index (κ1) is 12.0. The van der Waals surface area contributed by atoms with Crippen LogP contribution < -0.4 is 0 Å². The number of aliphatic hydroxyl groups excluding tert-OH is 1. The molecule has 1 aliphatic rings. The van der Waals surface area contributed by atoms with Crippen LogP contribution in [0.15, 0.2) is 0 Å². The molecule has 0 aromatic rings. The summed E-state index contributed by atoms with van der Waals surface area (Å²) in [5.74, 6) is 0. The van der Waals surface area contributed by atoms with Crippen LogP contribution in [-0.4, -0.2) is 23.9 Å². The van der Waals surface area contributed by atoms with Gasteiger partial charge in [0.15, 0.2) is 0 Å². The van der Waals surface area contributed by atoms with Gasteiger partial charge >= 0.3 is 0 Å². The average Bonchev–Trinajstić information content (AvgIpc) is 2.18. The number of hydrogen-bond acceptors (Lipinski definition) is 2. The summed E-state index contributed by atoms with van der Waals surface area (Å²) in [4.78, 5) is 0. The van der Waals surface area contributed by atoms with E-state index in [2.05, 4.69) is 6.92 Å². The summed E-state index contributed by atoms with van der Waals surface area (Å²) in [6.45, 7) is 3.11. The molecule has 2 nitrogen and oxygen atoms in total. The SMILES string of the molecule is CCCCCCOC1CCCC(O)C1. The van der Waals surface area contributed by atoms with Crippen molar-refractivity contribution in [2.75, 3.05) is 6.61 Å². The van der Waals surface area contributed by atoms with Crippen LogP contribution in [0, 0.1) is 0 Å². The molecule has 84 valence electrons.